The van der Waals surface area contributed by atoms with E-state index in [2.05, 4.69) is 27.3 Å². The van der Waals surface area contributed by atoms with E-state index in [0.29, 0.717) is 16.9 Å². The number of para-hydroxylation sites is 1. The maximum absolute atomic E-state index is 5.57. The van der Waals surface area contributed by atoms with Crippen molar-refractivity contribution in [1.29, 1.82) is 0 Å². The minimum atomic E-state index is -0.0974. The van der Waals surface area contributed by atoms with Crippen molar-refractivity contribution in [2.75, 3.05) is 14.2 Å². The molecule has 8 nitrogen and oxygen atoms in total. The van der Waals surface area contributed by atoms with Crippen LogP contribution in [0.4, 0.5) is 0 Å². The molecule has 0 saturated carbocycles. The van der Waals surface area contributed by atoms with E-state index in [1.165, 1.54) is 11.8 Å². The van der Waals surface area contributed by atoms with Crippen LogP contribution in [0.15, 0.2) is 58.2 Å². The SMILES string of the molecule is CCCc1noc([C@H](C)Sc2nnc(-c3ccccc3OC)n2-c2ccc(OC)cc2)n1. The van der Waals surface area contributed by atoms with Crippen molar-refractivity contribution >= 4 is 11.8 Å². The van der Waals surface area contributed by atoms with Crippen LogP contribution in [0.2, 0.25) is 0 Å². The molecule has 0 radical (unpaired) electrons. The average molecular weight is 452 g/mol. The van der Waals surface area contributed by atoms with Gasteiger partial charge in [-0.15, -0.1) is 10.2 Å². The van der Waals surface area contributed by atoms with Crippen LogP contribution in [0.25, 0.3) is 17.1 Å². The van der Waals surface area contributed by atoms with E-state index >= 15 is 0 Å². The summed E-state index contributed by atoms with van der Waals surface area (Å²) in [6.07, 6.45) is 1.76. The highest BCUT2D eigenvalue weighted by Gasteiger charge is 2.23. The minimum absolute atomic E-state index is 0.0974. The lowest BCUT2D eigenvalue weighted by atomic mass is 10.2. The van der Waals surface area contributed by atoms with Gasteiger partial charge in [-0.2, -0.15) is 4.98 Å². The molecule has 166 valence electrons. The van der Waals surface area contributed by atoms with Gasteiger partial charge in [-0.05, 0) is 49.7 Å². The maximum Gasteiger partial charge on any atom is 0.239 e. The van der Waals surface area contributed by atoms with Crippen LogP contribution >= 0.6 is 11.8 Å². The lowest BCUT2D eigenvalue weighted by Crippen LogP contribution is -2.02. The highest BCUT2D eigenvalue weighted by Crippen LogP contribution is 2.38. The Bertz CT molecular complexity index is 1170. The topological polar surface area (TPSA) is 88.1 Å². The molecule has 9 heteroatoms. The molecule has 4 aromatic rings. The van der Waals surface area contributed by atoms with Crippen molar-refractivity contribution in [2.24, 2.45) is 0 Å². The van der Waals surface area contributed by atoms with Gasteiger partial charge in [0.15, 0.2) is 16.8 Å². The van der Waals surface area contributed by atoms with Crippen LogP contribution < -0.4 is 9.47 Å². The summed E-state index contributed by atoms with van der Waals surface area (Å²) in [5.41, 5.74) is 1.75. The molecule has 2 aromatic carbocycles. The highest BCUT2D eigenvalue weighted by molar-refractivity contribution is 7.99. The number of ether oxygens (including phenoxy) is 2. The van der Waals surface area contributed by atoms with E-state index in [4.69, 9.17) is 14.0 Å². The first-order valence-corrected chi connectivity index (χ1v) is 11.2. The second-order valence-electron chi connectivity index (χ2n) is 7.10. The number of benzene rings is 2. The standard InChI is InChI=1S/C23H25N5O3S/c1-5-8-20-24-22(31-27-20)15(2)32-23-26-25-21(18-9-6-7-10-19(18)30-4)28(23)16-11-13-17(29-3)14-12-16/h6-7,9-15H,5,8H2,1-4H3/t15-/m0/s1. The second-order valence-corrected chi connectivity index (χ2v) is 8.41. The third kappa shape index (κ3) is 4.47. The molecule has 0 aliphatic heterocycles. The third-order valence-electron chi connectivity index (χ3n) is 4.90. The zero-order valence-electron chi connectivity index (χ0n) is 18.5. The summed E-state index contributed by atoms with van der Waals surface area (Å²) in [6, 6.07) is 15.5. The predicted octanol–water partition coefficient (Wildman–Crippen LogP) is 5.14. The van der Waals surface area contributed by atoms with Gasteiger partial charge in [-0.1, -0.05) is 36.0 Å². The first-order chi connectivity index (χ1) is 15.6. The molecule has 32 heavy (non-hydrogen) atoms. The van der Waals surface area contributed by atoms with Crippen molar-refractivity contribution in [3.63, 3.8) is 0 Å². The molecular weight excluding hydrogens is 426 g/mol. The summed E-state index contributed by atoms with van der Waals surface area (Å²) in [6.45, 7) is 4.11. The Labute approximate surface area is 191 Å². The van der Waals surface area contributed by atoms with Crippen LogP contribution in [0.5, 0.6) is 11.5 Å². The summed E-state index contributed by atoms with van der Waals surface area (Å²) in [5, 5.41) is 13.7. The maximum atomic E-state index is 5.57. The number of hydrogen-bond donors (Lipinski definition) is 0. The molecule has 4 rings (SSSR count). The molecule has 0 fully saturated rings. The van der Waals surface area contributed by atoms with Gasteiger partial charge in [-0.25, -0.2) is 0 Å². The second kappa shape index (κ2) is 9.86. The minimum Gasteiger partial charge on any atom is -0.497 e. The van der Waals surface area contributed by atoms with E-state index in [-0.39, 0.29) is 5.25 Å². The van der Waals surface area contributed by atoms with Crippen LogP contribution in [0.3, 0.4) is 0 Å². The van der Waals surface area contributed by atoms with E-state index in [0.717, 1.165) is 41.4 Å². The Morgan fingerprint density at radius 2 is 1.81 bits per heavy atom. The molecule has 2 aromatic heterocycles. The van der Waals surface area contributed by atoms with Crippen molar-refractivity contribution < 1.29 is 14.0 Å². The molecule has 1 atom stereocenters. The number of nitrogens with zero attached hydrogens (tertiary/aromatic N) is 5. The molecule has 0 amide bonds. The van der Waals surface area contributed by atoms with Crippen LogP contribution in [-0.4, -0.2) is 39.1 Å². The van der Waals surface area contributed by atoms with Gasteiger partial charge in [0.25, 0.3) is 0 Å². The monoisotopic (exact) mass is 451 g/mol. The molecule has 0 aliphatic rings. The Hall–Kier alpha value is -3.33. The Kier molecular flexibility index (Phi) is 6.75. The van der Waals surface area contributed by atoms with E-state index in [1.807, 2.05) is 60.0 Å². The Morgan fingerprint density at radius 1 is 1.03 bits per heavy atom. The van der Waals surface area contributed by atoms with Gasteiger partial charge < -0.3 is 14.0 Å². The first-order valence-electron chi connectivity index (χ1n) is 10.4. The number of thioether (sulfide) groups is 1. The van der Waals surface area contributed by atoms with Crippen LogP contribution in [-0.2, 0) is 6.42 Å². The molecule has 2 heterocycles. The summed E-state index contributed by atoms with van der Waals surface area (Å²) in [4.78, 5) is 4.52. The number of aryl methyl sites for hydroxylation is 1. The van der Waals surface area contributed by atoms with Crippen molar-refractivity contribution in [3.8, 4) is 28.6 Å². The molecule has 0 bridgehead atoms. The Balaban J connectivity index is 1.75. The Morgan fingerprint density at radius 3 is 2.53 bits per heavy atom. The van der Waals surface area contributed by atoms with Gasteiger partial charge in [0.2, 0.25) is 5.89 Å². The molecule has 0 unspecified atom stereocenters. The zero-order chi connectivity index (χ0) is 22.5. The lowest BCUT2D eigenvalue weighted by Gasteiger charge is -2.14. The largest absolute Gasteiger partial charge is 0.497 e. The van der Waals surface area contributed by atoms with Crippen molar-refractivity contribution in [2.45, 2.75) is 37.1 Å². The summed E-state index contributed by atoms with van der Waals surface area (Å²) in [5.74, 6) is 3.47. The van der Waals surface area contributed by atoms with Gasteiger partial charge in [0, 0.05) is 6.42 Å². The fourth-order valence-corrected chi connectivity index (χ4v) is 4.18. The first kappa shape index (κ1) is 21.9. The summed E-state index contributed by atoms with van der Waals surface area (Å²) in [7, 11) is 3.29. The number of rotatable bonds is 9. The summed E-state index contributed by atoms with van der Waals surface area (Å²) >= 11 is 1.51. The van der Waals surface area contributed by atoms with Gasteiger partial charge in [0.05, 0.1) is 30.7 Å². The van der Waals surface area contributed by atoms with Gasteiger partial charge in [0.1, 0.15) is 11.5 Å². The molecule has 0 saturated heterocycles. The highest BCUT2D eigenvalue weighted by atomic mass is 32.2. The van der Waals surface area contributed by atoms with E-state index in [1.54, 1.807) is 14.2 Å². The van der Waals surface area contributed by atoms with Gasteiger partial charge >= 0.3 is 0 Å². The quantitative estimate of drug-likeness (QED) is 0.323. The van der Waals surface area contributed by atoms with Gasteiger partial charge in [-0.3, -0.25) is 4.57 Å². The zero-order valence-corrected chi connectivity index (χ0v) is 19.3. The molecular formula is C23H25N5O3S. The van der Waals surface area contributed by atoms with E-state index < -0.39 is 0 Å². The number of aromatic nitrogens is 5. The normalized spacial score (nSPS) is 12.0. The molecule has 0 aliphatic carbocycles. The average Bonchev–Trinajstić information content (AvgIpc) is 3.47. The fraction of sp³-hybridized carbons (Fsp3) is 0.304. The smallest absolute Gasteiger partial charge is 0.239 e. The predicted molar refractivity (Wildman–Crippen MR) is 122 cm³/mol. The molecule has 0 spiro atoms. The summed E-state index contributed by atoms with van der Waals surface area (Å²) < 4.78 is 18.4. The lowest BCUT2D eigenvalue weighted by molar-refractivity contribution is 0.374. The fourth-order valence-electron chi connectivity index (χ4n) is 3.28. The van der Waals surface area contributed by atoms with Crippen molar-refractivity contribution in [1.82, 2.24) is 24.9 Å². The van der Waals surface area contributed by atoms with E-state index in [9.17, 15) is 0 Å². The van der Waals surface area contributed by atoms with Crippen molar-refractivity contribution in [3.05, 3.63) is 60.2 Å². The van der Waals surface area contributed by atoms with Crippen LogP contribution in [0, 0.1) is 0 Å². The molecule has 0 N–H and O–H groups in total. The van der Waals surface area contributed by atoms with Crippen LogP contribution in [0.1, 0.15) is 37.2 Å². The number of hydrogen-bond acceptors (Lipinski definition) is 8. The third-order valence-corrected chi connectivity index (χ3v) is 5.93. The number of methoxy groups -OCH3 is 2.